The van der Waals surface area contributed by atoms with Gasteiger partial charge < -0.3 is 15.0 Å². The summed E-state index contributed by atoms with van der Waals surface area (Å²) in [6.45, 7) is 5.28. The Hall–Kier alpha value is -2.40. The van der Waals surface area contributed by atoms with Crippen molar-refractivity contribution in [3.63, 3.8) is 0 Å². The summed E-state index contributed by atoms with van der Waals surface area (Å²) in [5.74, 6) is 0.385. The molecule has 1 saturated heterocycles. The minimum absolute atomic E-state index is 0.121. The first-order valence-corrected chi connectivity index (χ1v) is 12.1. The van der Waals surface area contributed by atoms with E-state index in [4.69, 9.17) is 4.74 Å². The zero-order valence-electron chi connectivity index (χ0n) is 19.1. The molecule has 0 bridgehead atoms. The number of benzene rings is 2. The maximum Gasteiger partial charge on any atom is 0.235 e. The molecule has 4 nitrogen and oxygen atoms in total. The van der Waals surface area contributed by atoms with Crippen molar-refractivity contribution >= 4 is 11.6 Å². The van der Waals surface area contributed by atoms with Crippen molar-refractivity contribution in [3.05, 3.63) is 59.9 Å². The Morgan fingerprint density at radius 2 is 1.84 bits per heavy atom. The molecule has 2 aromatic carbocycles. The zero-order valence-corrected chi connectivity index (χ0v) is 19.1. The molecule has 1 amide bonds. The second-order valence-electron chi connectivity index (χ2n) is 9.33. The molecule has 1 aliphatic heterocycles. The van der Waals surface area contributed by atoms with Crippen molar-refractivity contribution in [1.82, 2.24) is 4.90 Å². The van der Waals surface area contributed by atoms with E-state index in [-0.39, 0.29) is 11.7 Å². The van der Waals surface area contributed by atoms with Crippen LogP contribution >= 0.6 is 0 Å². The van der Waals surface area contributed by atoms with Gasteiger partial charge in [0.1, 0.15) is 11.6 Å². The minimum atomic E-state index is -0.786. The van der Waals surface area contributed by atoms with Crippen LogP contribution < -0.4 is 10.1 Å². The summed E-state index contributed by atoms with van der Waals surface area (Å²) < 4.78 is 20.4. The number of amides is 1. The Morgan fingerprint density at radius 3 is 2.56 bits per heavy atom. The summed E-state index contributed by atoms with van der Waals surface area (Å²) in [5, 5.41) is 3.02. The molecule has 1 atom stereocenters. The van der Waals surface area contributed by atoms with Gasteiger partial charge in [-0.3, -0.25) is 4.79 Å². The Labute approximate surface area is 191 Å². The van der Waals surface area contributed by atoms with E-state index in [0.29, 0.717) is 36.7 Å². The number of piperidine rings is 1. The van der Waals surface area contributed by atoms with Gasteiger partial charge in [-0.25, -0.2) is 4.39 Å². The van der Waals surface area contributed by atoms with Gasteiger partial charge in [-0.1, -0.05) is 37.5 Å². The maximum absolute atomic E-state index is 14.5. The predicted molar refractivity (Wildman–Crippen MR) is 127 cm³/mol. The van der Waals surface area contributed by atoms with Crippen molar-refractivity contribution in [2.45, 2.75) is 69.7 Å². The van der Waals surface area contributed by atoms with Crippen molar-refractivity contribution in [2.75, 3.05) is 25.0 Å². The number of halogens is 1. The summed E-state index contributed by atoms with van der Waals surface area (Å²) in [7, 11) is 0. The zero-order chi connectivity index (χ0) is 22.4. The van der Waals surface area contributed by atoms with Crippen LogP contribution in [0.15, 0.2) is 48.5 Å². The summed E-state index contributed by atoms with van der Waals surface area (Å²) in [5.41, 5.74) is 0.441. The molecular formula is C27H35FN2O2. The fraction of sp³-hybridized carbons (Fsp3) is 0.519. The molecule has 1 N–H and O–H groups in total. The molecular weight excluding hydrogens is 403 g/mol. The number of ether oxygens (including phenoxy) is 1. The van der Waals surface area contributed by atoms with Gasteiger partial charge in [0.25, 0.3) is 0 Å². The SMILES string of the molecule is CC1CCCCN1CCCOc1ccc(NC(=O)C2(c3ccccc3F)CCCC2)cc1. The molecule has 1 aliphatic carbocycles. The molecule has 4 rings (SSSR count). The normalized spacial score (nSPS) is 20.8. The third kappa shape index (κ3) is 5.15. The van der Waals surface area contributed by atoms with Gasteiger partial charge in [0, 0.05) is 23.8 Å². The topological polar surface area (TPSA) is 41.6 Å². The highest BCUT2D eigenvalue weighted by molar-refractivity contribution is 5.99. The molecule has 2 aliphatic rings. The fourth-order valence-electron chi connectivity index (χ4n) is 5.28. The molecule has 1 saturated carbocycles. The van der Waals surface area contributed by atoms with Crippen molar-refractivity contribution in [1.29, 1.82) is 0 Å². The molecule has 1 unspecified atom stereocenters. The Bertz CT molecular complexity index is 893. The molecule has 2 fully saturated rings. The smallest absolute Gasteiger partial charge is 0.235 e. The summed E-state index contributed by atoms with van der Waals surface area (Å²) >= 11 is 0. The van der Waals surface area contributed by atoms with E-state index < -0.39 is 5.41 Å². The highest BCUT2D eigenvalue weighted by Crippen LogP contribution is 2.43. The van der Waals surface area contributed by atoms with E-state index >= 15 is 0 Å². The first kappa shape index (κ1) is 22.8. The van der Waals surface area contributed by atoms with Gasteiger partial charge in [0.2, 0.25) is 5.91 Å². The van der Waals surface area contributed by atoms with Gasteiger partial charge in [-0.05, 0) is 75.9 Å². The lowest BCUT2D eigenvalue weighted by molar-refractivity contribution is -0.121. The van der Waals surface area contributed by atoms with E-state index in [2.05, 4.69) is 17.1 Å². The number of likely N-dealkylation sites (tertiary alicyclic amines) is 1. The molecule has 0 spiro atoms. The van der Waals surface area contributed by atoms with E-state index in [1.54, 1.807) is 12.1 Å². The molecule has 32 heavy (non-hydrogen) atoms. The Balaban J connectivity index is 1.31. The molecule has 1 heterocycles. The van der Waals surface area contributed by atoms with Crippen LogP contribution in [-0.2, 0) is 10.2 Å². The predicted octanol–water partition coefficient (Wildman–Crippen LogP) is 5.92. The number of hydrogen-bond acceptors (Lipinski definition) is 3. The second-order valence-corrected chi connectivity index (χ2v) is 9.33. The number of nitrogens with zero attached hydrogens (tertiary/aromatic N) is 1. The maximum atomic E-state index is 14.5. The largest absolute Gasteiger partial charge is 0.494 e. The van der Waals surface area contributed by atoms with E-state index in [9.17, 15) is 9.18 Å². The van der Waals surface area contributed by atoms with Crippen LogP contribution in [0.25, 0.3) is 0 Å². The van der Waals surface area contributed by atoms with E-state index in [0.717, 1.165) is 31.6 Å². The number of hydrogen-bond donors (Lipinski definition) is 1. The lowest BCUT2D eigenvalue weighted by atomic mass is 9.77. The van der Waals surface area contributed by atoms with Crippen LogP contribution in [0.5, 0.6) is 5.75 Å². The van der Waals surface area contributed by atoms with Gasteiger partial charge in [-0.2, -0.15) is 0 Å². The Kier molecular flexibility index (Phi) is 7.46. The molecule has 172 valence electrons. The summed E-state index contributed by atoms with van der Waals surface area (Å²) in [4.78, 5) is 15.8. The van der Waals surface area contributed by atoms with Crippen molar-refractivity contribution in [2.24, 2.45) is 0 Å². The number of carbonyl (C=O) groups excluding carboxylic acids is 1. The lowest BCUT2D eigenvalue weighted by Crippen LogP contribution is -2.38. The quantitative estimate of drug-likeness (QED) is 0.520. The van der Waals surface area contributed by atoms with Crippen molar-refractivity contribution in [3.8, 4) is 5.75 Å². The van der Waals surface area contributed by atoms with Gasteiger partial charge in [-0.15, -0.1) is 0 Å². The van der Waals surface area contributed by atoms with Gasteiger partial charge >= 0.3 is 0 Å². The first-order valence-electron chi connectivity index (χ1n) is 12.1. The molecule has 5 heteroatoms. The third-order valence-electron chi connectivity index (χ3n) is 7.19. The molecule has 0 aromatic heterocycles. The first-order chi connectivity index (χ1) is 15.6. The number of anilines is 1. The van der Waals surface area contributed by atoms with Crippen LogP contribution in [0.4, 0.5) is 10.1 Å². The third-order valence-corrected chi connectivity index (χ3v) is 7.19. The standard InChI is InChI=1S/C27H35FN2O2/c1-21-9-4-7-18-30(21)19-8-20-32-23-14-12-22(13-15-23)29-26(31)27(16-5-6-17-27)24-10-2-3-11-25(24)28/h2-3,10-15,21H,4-9,16-20H2,1H3,(H,29,31). The highest BCUT2D eigenvalue weighted by Gasteiger charge is 2.44. The minimum Gasteiger partial charge on any atom is -0.494 e. The van der Waals surface area contributed by atoms with Crippen LogP contribution in [0, 0.1) is 5.82 Å². The lowest BCUT2D eigenvalue weighted by Gasteiger charge is -2.33. The number of carbonyl (C=O) groups is 1. The van der Waals surface area contributed by atoms with Crippen LogP contribution in [0.3, 0.4) is 0 Å². The van der Waals surface area contributed by atoms with Gasteiger partial charge in [0.05, 0.1) is 12.0 Å². The number of rotatable bonds is 8. The molecule has 0 radical (unpaired) electrons. The highest BCUT2D eigenvalue weighted by atomic mass is 19.1. The second kappa shape index (κ2) is 10.5. The summed E-state index contributed by atoms with van der Waals surface area (Å²) in [6, 6.07) is 14.9. The van der Waals surface area contributed by atoms with E-state index in [1.165, 1.54) is 31.9 Å². The summed E-state index contributed by atoms with van der Waals surface area (Å²) in [6.07, 6.45) is 8.18. The van der Waals surface area contributed by atoms with Crippen LogP contribution in [0.1, 0.15) is 63.9 Å². The molecule has 2 aromatic rings. The Morgan fingerprint density at radius 1 is 1.09 bits per heavy atom. The fourth-order valence-corrected chi connectivity index (χ4v) is 5.28. The average Bonchev–Trinajstić information content (AvgIpc) is 3.30. The van der Waals surface area contributed by atoms with Gasteiger partial charge in [0.15, 0.2) is 0 Å². The van der Waals surface area contributed by atoms with Crippen LogP contribution in [-0.4, -0.2) is 36.5 Å². The number of nitrogens with one attached hydrogen (secondary N) is 1. The van der Waals surface area contributed by atoms with Crippen molar-refractivity contribution < 1.29 is 13.9 Å². The van der Waals surface area contributed by atoms with E-state index in [1.807, 2.05) is 30.3 Å². The average molecular weight is 439 g/mol. The van der Waals surface area contributed by atoms with Crippen LogP contribution in [0.2, 0.25) is 0 Å². The monoisotopic (exact) mass is 438 g/mol.